The first-order valence-corrected chi connectivity index (χ1v) is 7.95. The fourth-order valence-corrected chi connectivity index (χ4v) is 2.49. The summed E-state index contributed by atoms with van der Waals surface area (Å²) in [5.74, 6) is 1.12. The molecule has 1 N–H and O–H groups in total. The monoisotopic (exact) mass is 315 g/mol. The summed E-state index contributed by atoms with van der Waals surface area (Å²) < 4.78 is 38.5. The number of hydrogen-bond donors (Lipinski definition) is 1. The summed E-state index contributed by atoms with van der Waals surface area (Å²) in [4.78, 5) is -0.164. The van der Waals surface area contributed by atoms with Crippen LogP contribution in [0.15, 0.2) is 78.0 Å². The number of aromatic nitrogens is 1. The highest BCUT2D eigenvalue weighted by Gasteiger charge is 2.09. The van der Waals surface area contributed by atoms with E-state index in [0.29, 0.717) is 11.5 Å². The largest absolute Gasteiger partial charge is 0.457 e. The van der Waals surface area contributed by atoms with Gasteiger partial charge in [0.2, 0.25) is 0 Å². The third-order valence-corrected chi connectivity index (χ3v) is 3.96. The van der Waals surface area contributed by atoms with Gasteiger partial charge in [-0.05, 0) is 60.7 Å². The topological polar surface area (TPSA) is 68.5 Å². The van der Waals surface area contributed by atoms with Gasteiger partial charge in [0.1, 0.15) is 11.5 Å². The third-order valence-electron chi connectivity index (χ3n) is 3.10. The summed E-state index contributed by atoms with van der Waals surface area (Å²) in [5, 5.41) is 0. The summed E-state index contributed by atoms with van der Waals surface area (Å²) in [6.07, 6.45) is 3.90. The Balaban J connectivity index is 1.76. The summed E-state index contributed by atoms with van der Waals surface area (Å²) in [6.45, 7) is 0. The predicted octanol–water partition coefficient (Wildman–Crippen LogP) is 3.52. The zero-order valence-corrected chi connectivity index (χ0v) is 12.3. The minimum atomic E-state index is -4.18. The first kappa shape index (κ1) is 14.4. The van der Waals surface area contributed by atoms with E-state index in [1.807, 2.05) is 53.4 Å². The predicted molar refractivity (Wildman–Crippen MR) is 82.1 cm³/mol. The highest BCUT2D eigenvalue weighted by molar-refractivity contribution is 7.85. The Bertz CT molecular complexity index is 852. The Morgan fingerprint density at radius 2 is 1.32 bits per heavy atom. The molecule has 3 rings (SSSR count). The van der Waals surface area contributed by atoms with E-state index < -0.39 is 10.1 Å². The molecule has 112 valence electrons. The van der Waals surface area contributed by atoms with E-state index in [1.165, 1.54) is 24.3 Å². The summed E-state index contributed by atoms with van der Waals surface area (Å²) in [6, 6.07) is 16.9. The van der Waals surface area contributed by atoms with Gasteiger partial charge in [0.25, 0.3) is 10.1 Å². The Morgan fingerprint density at radius 3 is 1.82 bits per heavy atom. The second-order valence-electron chi connectivity index (χ2n) is 4.63. The quantitative estimate of drug-likeness (QED) is 0.748. The second kappa shape index (κ2) is 5.67. The molecule has 0 aliphatic carbocycles. The maximum absolute atomic E-state index is 11.0. The Morgan fingerprint density at radius 1 is 0.818 bits per heavy atom. The van der Waals surface area contributed by atoms with E-state index in [0.717, 1.165) is 5.69 Å². The highest BCUT2D eigenvalue weighted by Crippen LogP contribution is 2.24. The SMILES string of the molecule is O=S(=O)(O)c1ccc(Oc2ccc(-n3cccc3)cc2)cc1. The van der Waals surface area contributed by atoms with Gasteiger partial charge in [0, 0.05) is 18.1 Å². The van der Waals surface area contributed by atoms with Crippen molar-refractivity contribution >= 4 is 10.1 Å². The summed E-state index contributed by atoms with van der Waals surface area (Å²) in [7, 11) is -4.18. The van der Waals surface area contributed by atoms with Gasteiger partial charge in [-0.1, -0.05) is 0 Å². The van der Waals surface area contributed by atoms with Crippen LogP contribution in [-0.2, 0) is 10.1 Å². The Kier molecular flexibility index (Phi) is 3.70. The van der Waals surface area contributed by atoms with Gasteiger partial charge in [0.05, 0.1) is 4.90 Å². The fourth-order valence-electron chi connectivity index (χ4n) is 2.01. The lowest BCUT2D eigenvalue weighted by atomic mass is 10.3. The van der Waals surface area contributed by atoms with E-state index in [9.17, 15) is 8.42 Å². The van der Waals surface area contributed by atoms with Crippen molar-refractivity contribution in [2.75, 3.05) is 0 Å². The van der Waals surface area contributed by atoms with E-state index in [-0.39, 0.29) is 4.90 Å². The zero-order valence-electron chi connectivity index (χ0n) is 11.5. The van der Waals surface area contributed by atoms with Gasteiger partial charge in [-0.25, -0.2) is 0 Å². The van der Waals surface area contributed by atoms with Crippen molar-refractivity contribution in [3.63, 3.8) is 0 Å². The van der Waals surface area contributed by atoms with Gasteiger partial charge in [-0.3, -0.25) is 4.55 Å². The molecule has 1 aromatic heterocycles. The molecular formula is C16H13NO4S. The van der Waals surface area contributed by atoms with Crippen LogP contribution < -0.4 is 4.74 Å². The van der Waals surface area contributed by atoms with Crippen molar-refractivity contribution < 1.29 is 17.7 Å². The number of benzene rings is 2. The fraction of sp³-hybridized carbons (Fsp3) is 0. The molecular weight excluding hydrogens is 302 g/mol. The highest BCUT2D eigenvalue weighted by atomic mass is 32.2. The molecule has 3 aromatic rings. The minimum Gasteiger partial charge on any atom is -0.457 e. The van der Waals surface area contributed by atoms with Crippen LogP contribution in [0.4, 0.5) is 0 Å². The van der Waals surface area contributed by atoms with E-state index in [1.54, 1.807) is 0 Å². The molecule has 0 saturated carbocycles. The molecule has 0 aliphatic rings. The molecule has 0 aliphatic heterocycles. The van der Waals surface area contributed by atoms with Crippen molar-refractivity contribution in [3.05, 3.63) is 73.1 Å². The van der Waals surface area contributed by atoms with Crippen LogP contribution in [0.2, 0.25) is 0 Å². The maximum Gasteiger partial charge on any atom is 0.294 e. The molecule has 6 heteroatoms. The van der Waals surface area contributed by atoms with Gasteiger partial charge in [-0.15, -0.1) is 0 Å². The molecule has 0 unspecified atom stereocenters. The van der Waals surface area contributed by atoms with Crippen molar-refractivity contribution in [2.45, 2.75) is 4.90 Å². The van der Waals surface area contributed by atoms with Gasteiger partial charge in [0.15, 0.2) is 0 Å². The lowest BCUT2D eigenvalue weighted by Crippen LogP contribution is -1.97. The van der Waals surface area contributed by atoms with Gasteiger partial charge < -0.3 is 9.30 Å². The number of ether oxygens (including phenoxy) is 1. The van der Waals surface area contributed by atoms with Crippen molar-refractivity contribution in [3.8, 4) is 17.2 Å². The maximum atomic E-state index is 11.0. The standard InChI is InChI=1S/C16H13NO4S/c18-22(19,20)16-9-7-15(8-10-16)21-14-5-3-13(4-6-14)17-11-1-2-12-17/h1-12H,(H,18,19,20). The van der Waals surface area contributed by atoms with Crippen LogP contribution in [0.3, 0.4) is 0 Å². The van der Waals surface area contributed by atoms with Gasteiger partial charge >= 0.3 is 0 Å². The van der Waals surface area contributed by atoms with Crippen molar-refractivity contribution in [1.29, 1.82) is 0 Å². The van der Waals surface area contributed by atoms with Gasteiger partial charge in [-0.2, -0.15) is 8.42 Å². The van der Waals surface area contributed by atoms with Crippen LogP contribution in [0, 0.1) is 0 Å². The molecule has 1 heterocycles. The second-order valence-corrected chi connectivity index (χ2v) is 6.05. The van der Waals surface area contributed by atoms with Crippen LogP contribution in [0.25, 0.3) is 5.69 Å². The van der Waals surface area contributed by atoms with E-state index in [2.05, 4.69) is 0 Å². The average Bonchev–Trinajstić information content (AvgIpc) is 3.02. The first-order chi connectivity index (χ1) is 10.5. The minimum absolute atomic E-state index is 0.164. The zero-order chi connectivity index (χ0) is 15.6. The molecule has 0 saturated heterocycles. The molecule has 0 amide bonds. The van der Waals surface area contributed by atoms with Crippen LogP contribution in [0.5, 0.6) is 11.5 Å². The number of rotatable bonds is 4. The normalized spacial score (nSPS) is 11.3. The summed E-state index contributed by atoms with van der Waals surface area (Å²) >= 11 is 0. The van der Waals surface area contributed by atoms with E-state index >= 15 is 0 Å². The van der Waals surface area contributed by atoms with Crippen LogP contribution in [-0.4, -0.2) is 17.5 Å². The number of nitrogens with zero attached hydrogens (tertiary/aromatic N) is 1. The Hall–Kier alpha value is -2.57. The molecule has 2 aromatic carbocycles. The van der Waals surface area contributed by atoms with Crippen LogP contribution in [0.1, 0.15) is 0 Å². The first-order valence-electron chi connectivity index (χ1n) is 6.51. The lowest BCUT2D eigenvalue weighted by Gasteiger charge is -2.08. The van der Waals surface area contributed by atoms with Crippen molar-refractivity contribution in [2.24, 2.45) is 0 Å². The molecule has 22 heavy (non-hydrogen) atoms. The molecule has 0 fully saturated rings. The lowest BCUT2D eigenvalue weighted by molar-refractivity contribution is 0.478. The molecule has 5 nitrogen and oxygen atoms in total. The average molecular weight is 315 g/mol. The van der Waals surface area contributed by atoms with E-state index in [4.69, 9.17) is 9.29 Å². The molecule has 0 radical (unpaired) electrons. The molecule has 0 atom stereocenters. The molecule has 0 bridgehead atoms. The molecule has 0 spiro atoms. The van der Waals surface area contributed by atoms with Crippen LogP contribution >= 0.6 is 0 Å². The number of hydrogen-bond acceptors (Lipinski definition) is 3. The third kappa shape index (κ3) is 3.19. The summed E-state index contributed by atoms with van der Waals surface area (Å²) in [5.41, 5.74) is 1.01. The van der Waals surface area contributed by atoms with Crippen molar-refractivity contribution in [1.82, 2.24) is 4.57 Å². The smallest absolute Gasteiger partial charge is 0.294 e. The Labute approximate surface area is 128 Å².